The van der Waals surface area contributed by atoms with E-state index in [9.17, 15) is 9.90 Å². The van der Waals surface area contributed by atoms with E-state index in [1.54, 1.807) is 18.2 Å². The summed E-state index contributed by atoms with van der Waals surface area (Å²) >= 11 is 3.34. The Morgan fingerprint density at radius 2 is 2.00 bits per heavy atom. The molecular weight excluding hydrogens is 322 g/mol. The number of ether oxygens (including phenoxy) is 1. The van der Waals surface area contributed by atoms with Gasteiger partial charge < -0.3 is 9.84 Å². The maximum absolute atomic E-state index is 11.3. The molecular formula is C15H12BrNO3. The summed E-state index contributed by atoms with van der Waals surface area (Å²) in [5, 5.41) is 9.29. The highest BCUT2D eigenvalue weighted by molar-refractivity contribution is 9.10. The lowest BCUT2D eigenvalue weighted by atomic mass is 10.1. The summed E-state index contributed by atoms with van der Waals surface area (Å²) < 4.78 is 6.57. The monoisotopic (exact) mass is 333 g/mol. The molecule has 0 amide bonds. The van der Waals surface area contributed by atoms with Crippen molar-refractivity contribution < 1.29 is 14.6 Å². The van der Waals surface area contributed by atoms with E-state index in [1.165, 1.54) is 0 Å². The highest BCUT2D eigenvalue weighted by atomic mass is 79.9. The fraction of sp³-hybridized carbons (Fsp3) is 0.200. The molecule has 3 rings (SSSR count). The lowest BCUT2D eigenvalue weighted by molar-refractivity contribution is 0.0693. The minimum atomic E-state index is -1.01. The fourth-order valence-corrected chi connectivity index (χ4v) is 2.56. The van der Waals surface area contributed by atoms with Crippen LogP contribution in [0.1, 0.15) is 28.0 Å². The quantitative estimate of drug-likeness (QED) is 0.927. The molecule has 5 heteroatoms. The number of halogens is 1. The minimum absolute atomic E-state index is 0.119. The molecule has 0 unspecified atom stereocenters. The lowest BCUT2D eigenvalue weighted by Crippen LogP contribution is -2.05. The van der Waals surface area contributed by atoms with Gasteiger partial charge in [-0.2, -0.15) is 0 Å². The molecule has 1 aromatic heterocycles. The predicted octanol–water partition coefficient (Wildman–Crippen LogP) is 3.82. The number of hydrogen-bond donors (Lipinski definition) is 1. The van der Waals surface area contributed by atoms with Gasteiger partial charge in [-0.3, -0.25) is 0 Å². The van der Waals surface area contributed by atoms with E-state index in [1.807, 2.05) is 12.1 Å². The zero-order chi connectivity index (χ0) is 14.1. The number of rotatable bonds is 3. The first-order chi connectivity index (χ1) is 9.63. The maximum atomic E-state index is 11.3. The number of fused-ring (bicyclic) bond motifs is 1. The summed E-state index contributed by atoms with van der Waals surface area (Å²) in [6, 6.07) is 8.90. The van der Waals surface area contributed by atoms with Gasteiger partial charge in [0.05, 0.1) is 0 Å². The van der Waals surface area contributed by atoms with E-state index < -0.39 is 5.97 Å². The third-order valence-corrected chi connectivity index (χ3v) is 3.80. The molecule has 102 valence electrons. The molecule has 4 nitrogen and oxygen atoms in total. The van der Waals surface area contributed by atoms with Gasteiger partial charge in [0.2, 0.25) is 5.88 Å². The molecule has 0 bridgehead atoms. The zero-order valence-electron chi connectivity index (χ0n) is 10.6. The van der Waals surface area contributed by atoms with E-state index in [2.05, 4.69) is 20.9 Å². The van der Waals surface area contributed by atoms with E-state index in [0.717, 1.165) is 35.0 Å². The molecule has 0 fully saturated rings. The fourth-order valence-electron chi connectivity index (χ4n) is 2.30. The number of nitrogens with zero attached hydrogens (tertiary/aromatic N) is 1. The van der Waals surface area contributed by atoms with Crippen LogP contribution in [-0.2, 0) is 12.8 Å². The van der Waals surface area contributed by atoms with E-state index in [4.69, 9.17) is 4.74 Å². The molecule has 0 saturated carbocycles. The second-order valence-corrected chi connectivity index (χ2v) is 5.58. The molecule has 1 N–H and O–H groups in total. The number of carbonyl (C=O) groups is 1. The predicted molar refractivity (Wildman–Crippen MR) is 77.4 cm³/mol. The highest BCUT2D eigenvalue weighted by Crippen LogP contribution is 2.30. The van der Waals surface area contributed by atoms with Crippen molar-refractivity contribution in [2.45, 2.75) is 19.3 Å². The van der Waals surface area contributed by atoms with Crippen molar-refractivity contribution in [1.29, 1.82) is 0 Å². The van der Waals surface area contributed by atoms with Gasteiger partial charge in [-0.05, 0) is 55.2 Å². The zero-order valence-corrected chi connectivity index (χ0v) is 12.2. The molecule has 20 heavy (non-hydrogen) atoms. The largest absolute Gasteiger partial charge is 0.477 e. The van der Waals surface area contributed by atoms with Crippen LogP contribution in [0.5, 0.6) is 11.6 Å². The van der Waals surface area contributed by atoms with Crippen LogP contribution in [0.25, 0.3) is 0 Å². The highest BCUT2D eigenvalue weighted by Gasteiger charge is 2.21. The second-order valence-electron chi connectivity index (χ2n) is 4.66. The van der Waals surface area contributed by atoms with Gasteiger partial charge in [0.25, 0.3) is 0 Å². The maximum Gasteiger partial charge on any atom is 0.341 e. The van der Waals surface area contributed by atoms with E-state index in [-0.39, 0.29) is 11.4 Å². The van der Waals surface area contributed by atoms with Crippen LogP contribution in [0.15, 0.2) is 34.8 Å². The van der Waals surface area contributed by atoms with E-state index >= 15 is 0 Å². The Labute approximate surface area is 124 Å². The number of aromatic nitrogens is 1. The van der Waals surface area contributed by atoms with Gasteiger partial charge in [0.15, 0.2) is 0 Å². The minimum Gasteiger partial charge on any atom is -0.477 e. The average Bonchev–Trinajstić information content (AvgIpc) is 2.87. The van der Waals surface area contributed by atoms with Gasteiger partial charge in [-0.15, -0.1) is 0 Å². The van der Waals surface area contributed by atoms with Crippen LogP contribution in [0, 0.1) is 0 Å². The average molecular weight is 334 g/mol. The number of aromatic carboxylic acids is 1. The first kappa shape index (κ1) is 13.1. The molecule has 0 saturated heterocycles. The van der Waals surface area contributed by atoms with Gasteiger partial charge >= 0.3 is 5.97 Å². The number of hydrogen-bond acceptors (Lipinski definition) is 3. The van der Waals surface area contributed by atoms with Crippen LogP contribution in [0.3, 0.4) is 0 Å². The summed E-state index contributed by atoms with van der Waals surface area (Å²) in [6.07, 6.45) is 2.79. The van der Waals surface area contributed by atoms with Gasteiger partial charge in [0.1, 0.15) is 11.3 Å². The Bertz CT molecular complexity index is 668. The number of pyridine rings is 1. The summed E-state index contributed by atoms with van der Waals surface area (Å²) in [5.74, 6) is -0.277. The van der Waals surface area contributed by atoms with Gasteiger partial charge in [-0.25, -0.2) is 9.78 Å². The Morgan fingerprint density at radius 3 is 2.70 bits per heavy atom. The summed E-state index contributed by atoms with van der Waals surface area (Å²) in [6.45, 7) is 0. The van der Waals surface area contributed by atoms with Crippen molar-refractivity contribution in [1.82, 2.24) is 4.98 Å². The Kier molecular flexibility index (Phi) is 3.44. The van der Waals surface area contributed by atoms with Gasteiger partial charge in [0, 0.05) is 10.2 Å². The SMILES string of the molecule is O=C(O)c1cc2c(nc1Oc1ccc(Br)cc1)CCC2. The molecule has 0 spiro atoms. The molecule has 0 aliphatic heterocycles. The number of aryl methyl sites for hydroxylation is 2. The molecule has 1 heterocycles. The van der Waals surface area contributed by atoms with Crippen molar-refractivity contribution in [3.05, 3.63) is 51.6 Å². The standard InChI is InChI=1S/C15H12BrNO3/c16-10-4-6-11(7-5-10)20-14-12(15(18)19)8-9-2-1-3-13(9)17-14/h4-8H,1-3H2,(H,18,19). The van der Waals surface area contributed by atoms with Crippen molar-refractivity contribution in [3.8, 4) is 11.6 Å². The van der Waals surface area contributed by atoms with Crippen molar-refractivity contribution in [3.63, 3.8) is 0 Å². The van der Waals surface area contributed by atoms with Crippen LogP contribution in [-0.4, -0.2) is 16.1 Å². The molecule has 0 radical (unpaired) electrons. The van der Waals surface area contributed by atoms with Crippen LogP contribution in [0.2, 0.25) is 0 Å². The first-order valence-corrected chi connectivity index (χ1v) is 7.12. The van der Waals surface area contributed by atoms with Gasteiger partial charge in [-0.1, -0.05) is 15.9 Å². The molecule has 1 aliphatic rings. The molecule has 1 aromatic carbocycles. The van der Waals surface area contributed by atoms with Crippen molar-refractivity contribution >= 4 is 21.9 Å². The molecule has 1 aliphatic carbocycles. The Morgan fingerprint density at radius 1 is 1.25 bits per heavy atom. The van der Waals surface area contributed by atoms with Crippen molar-refractivity contribution in [2.75, 3.05) is 0 Å². The smallest absolute Gasteiger partial charge is 0.341 e. The second kappa shape index (κ2) is 5.25. The first-order valence-electron chi connectivity index (χ1n) is 6.33. The molecule has 0 atom stereocenters. The van der Waals surface area contributed by atoms with Crippen LogP contribution in [0.4, 0.5) is 0 Å². The Balaban J connectivity index is 1.99. The Hall–Kier alpha value is -1.88. The number of carboxylic acid groups (broad SMARTS) is 1. The van der Waals surface area contributed by atoms with Crippen molar-refractivity contribution in [2.24, 2.45) is 0 Å². The summed E-state index contributed by atoms with van der Waals surface area (Å²) in [7, 11) is 0. The lowest BCUT2D eigenvalue weighted by Gasteiger charge is -2.10. The summed E-state index contributed by atoms with van der Waals surface area (Å²) in [4.78, 5) is 15.7. The van der Waals surface area contributed by atoms with Crippen LogP contribution >= 0.6 is 15.9 Å². The van der Waals surface area contributed by atoms with Crippen LogP contribution < -0.4 is 4.74 Å². The summed E-state index contributed by atoms with van der Waals surface area (Å²) in [5.41, 5.74) is 2.08. The van der Waals surface area contributed by atoms with E-state index in [0.29, 0.717) is 5.75 Å². The normalized spacial score (nSPS) is 13.1. The third kappa shape index (κ3) is 2.54. The molecule has 2 aromatic rings. The number of carboxylic acids is 1. The topological polar surface area (TPSA) is 59.4 Å². The third-order valence-electron chi connectivity index (χ3n) is 3.27. The number of benzene rings is 1.